The number of morpholine rings is 1. The maximum absolute atomic E-state index is 10.1. The Morgan fingerprint density at radius 1 is 1.17 bits per heavy atom. The molecule has 1 heterocycles. The monoisotopic (exact) mass is 243 g/mol. The van der Waals surface area contributed by atoms with Gasteiger partial charge >= 0.3 is 0 Å². The number of nitrogens with zero attached hydrogens (tertiary/aromatic N) is 1. The first kappa shape index (κ1) is 11.4. The van der Waals surface area contributed by atoms with Crippen molar-refractivity contribution in [3.8, 4) is 0 Å². The Kier molecular flexibility index (Phi) is 3.07. The first-order valence-electron chi connectivity index (χ1n) is 6.36. The highest BCUT2D eigenvalue weighted by molar-refractivity contribution is 5.80. The molecule has 1 aromatic carbocycles. The van der Waals surface area contributed by atoms with Crippen molar-refractivity contribution in [3.05, 3.63) is 53.4 Å². The zero-order valence-electron chi connectivity index (χ0n) is 10.3. The van der Waals surface area contributed by atoms with Crippen molar-refractivity contribution < 1.29 is 9.84 Å². The molecule has 0 bridgehead atoms. The molecule has 1 fully saturated rings. The van der Waals surface area contributed by atoms with E-state index in [1.807, 2.05) is 18.2 Å². The van der Waals surface area contributed by atoms with Crippen molar-refractivity contribution in [2.24, 2.45) is 0 Å². The highest BCUT2D eigenvalue weighted by atomic mass is 16.5. The van der Waals surface area contributed by atoms with Gasteiger partial charge in [-0.2, -0.15) is 0 Å². The van der Waals surface area contributed by atoms with E-state index in [0.717, 1.165) is 43.9 Å². The summed E-state index contributed by atoms with van der Waals surface area (Å²) < 4.78 is 5.34. The second-order valence-corrected chi connectivity index (χ2v) is 4.64. The minimum absolute atomic E-state index is 0.389. The maximum atomic E-state index is 10.1. The highest BCUT2D eigenvalue weighted by Crippen LogP contribution is 2.30. The average Bonchev–Trinajstić information content (AvgIpc) is 2.43. The molecular weight excluding hydrogens is 226 g/mol. The van der Waals surface area contributed by atoms with Crippen molar-refractivity contribution in [2.45, 2.75) is 6.42 Å². The lowest BCUT2D eigenvalue weighted by Gasteiger charge is -2.27. The molecular formula is C15H17NO2. The number of hydrogen-bond donors (Lipinski definition) is 1. The molecule has 0 spiro atoms. The largest absolute Gasteiger partial charge is 0.508 e. The number of aliphatic hydroxyl groups is 1. The molecule has 0 amide bonds. The van der Waals surface area contributed by atoms with Gasteiger partial charge in [0.1, 0.15) is 5.76 Å². The standard InChI is InChI=1S/C15H17NO2/c17-15-6-5-12-3-1-2-4-13(12)14(15)11-16-7-9-18-10-8-16/h1-4,6,11,17H,5,7-10H2. The Hall–Kier alpha value is -1.74. The molecule has 0 saturated carbocycles. The van der Waals surface area contributed by atoms with Crippen molar-refractivity contribution in [1.29, 1.82) is 0 Å². The van der Waals surface area contributed by atoms with E-state index in [0.29, 0.717) is 5.76 Å². The Labute approximate surface area is 107 Å². The molecule has 0 atom stereocenters. The fourth-order valence-corrected chi connectivity index (χ4v) is 2.44. The molecule has 1 aromatic rings. The van der Waals surface area contributed by atoms with Crippen LogP contribution in [0.1, 0.15) is 11.1 Å². The fourth-order valence-electron chi connectivity index (χ4n) is 2.44. The summed E-state index contributed by atoms with van der Waals surface area (Å²) in [5, 5.41) is 10.1. The van der Waals surface area contributed by atoms with Gasteiger partial charge in [-0.3, -0.25) is 0 Å². The van der Waals surface area contributed by atoms with E-state index < -0.39 is 0 Å². The number of rotatable bonds is 1. The summed E-state index contributed by atoms with van der Waals surface area (Å²) in [5.41, 5.74) is 3.34. The quantitative estimate of drug-likeness (QED) is 0.822. The fraction of sp³-hybridized carbons (Fsp3) is 0.333. The minimum Gasteiger partial charge on any atom is -0.508 e. The molecule has 2 aliphatic rings. The molecule has 1 N–H and O–H groups in total. The Morgan fingerprint density at radius 2 is 1.94 bits per heavy atom. The smallest absolute Gasteiger partial charge is 0.121 e. The zero-order valence-corrected chi connectivity index (χ0v) is 10.3. The third-order valence-corrected chi connectivity index (χ3v) is 3.46. The summed E-state index contributed by atoms with van der Waals surface area (Å²) in [4.78, 5) is 2.21. The van der Waals surface area contributed by atoms with Crippen LogP contribution in [0.25, 0.3) is 5.57 Å². The number of aliphatic hydroxyl groups excluding tert-OH is 1. The van der Waals surface area contributed by atoms with E-state index in [4.69, 9.17) is 4.74 Å². The van der Waals surface area contributed by atoms with Gasteiger partial charge in [-0.15, -0.1) is 0 Å². The van der Waals surface area contributed by atoms with Crippen LogP contribution in [-0.4, -0.2) is 36.3 Å². The molecule has 1 aliphatic heterocycles. The van der Waals surface area contributed by atoms with Gasteiger partial charge in [-0.1, -0.05) is 24.3 Å². The lowest BCUT2D eigenvalue weighted by molar-refractivity contribution is 0.0595. The predicted octanol–water partition coefficient (Wildman–Crippen LogP) is 2.36. The third kappa shape index (κ3) is 2.14. The number of ether oxygens (including phenoxy) is 1. The molecule has 3 rings (SSSR count). The zero-order chi connectivity index (χ0) is 12.4. The van der Waals surface area contributed by atoms with Gasteiger partial charge in [-0.05, 0) is 23.6 Å². The lowest BCUT2D eigenvalue weighted by atomic mass is 9.91. The van der Waals surface area contributed by atoms with Crippen LogP contribution < -0.4 is 0 Å². The van der Waals surface area contributed by atoms with Gasteiger partial charge in [-0.25, -0.2) is 0 Å². The van der Waals surface area contributed by atoms with Crippen LogP contribution >= 0.6 is 0 Å². The molecule has 1 saturated heterocycles. The van der Waals surface area contributed by atoms with Crippen LogP contribution in [0.2, 0.25) is 0 Å². The van der Waals surface area contributed by atoms with Crippen molar-refractivity contribution in [2.75, 3.05) is 26.3 Å². The molecule has 3 heteroatoms. The third-order valence-electron chi connectivity index (χ3n) is 3.46. The molecule has 0 unspecified atom stereocenters. The summed E-state index contributed by atoms with van der Waals surface area (Å²) in [6.45, 7) is 3.30. The predicted molar refractivity (Wildman–Crippen MR) is 71.2 cm³/mol. The Balaban J connectivity index is 1.95. The van der Waals surface area contributed by atoms with E-state index in [9.17, 15) is 5.11 Å². The van der Waals surface area contributed by atoms with Crippen LogP contribution in [0, 0.1) is 0 Å². The van der Waals surface area contributed by atoms with E-state index in [1.165, 1.54) is 5.56 Å². The molecule has 0 aromatic heterocycles. The van der Waals surface area contributed by atoms with Gasteiger partial charge in [0.05, 0.1) is 13.2 Å². The molecule has 3 nitrogen and oxygen atoms in total. The minimum atomic E-state index is 0.389. The lowest BCUT2D eigenvalue weighted by Crippen LogP contribution is -2.32. The SMILES string of the molecule is OC1=CCc2ccccc2C1=CN1CCOCC1. The van der Waals surface area contributed by atoms with Crippen molar-refractivity contribution >= 4 is 5.57 Å². The molecule has 94 valence electrons. The van der Waals surface area contributed by atoms with Gasteiger partial charge in [0.2, 0.25) is 0 Å². The van der Waals surface area contributed by atoms with Crippen LogP contribution in [0.15, 0.2) is 42.3 Å². The van der Waals surface area contributed by atoms with Crippen molar-refractivity contribution in [1.82, 2.24) is 4.90 Å². The van der Waals surface area contributed by atoms with Crippen LogP contribution in [-0.2, 0) is 11.2 Å². The topological polar surface area (TPSA) is 32.7 Å². The Bertz CT molecular complexity index is 499. The van der Waals surface area contributed by atoms with Gasteiger partial charge in [0.15, 0.2) is 0 Å². The maximum Gasteiger partial charge on any atom is 0.121 e. The first-order chi connectivity index (χ1) is 8.84. The number of benzene rings is 1. The van der Waals surface area contributed by atoms with Crippen LogP contribution in [0.3, 0.4) is 0 Å². The van der Waals surface area contributed by atoms with Crippen molar-refractivity contribution in [3.63, 3.8) is 0 Å². The van der Waals surface area contributed by atoms with Crippen LogP contribution in [0.4, 0.5) is 0 Å². The molecule has 18 heavy (non-hydrogen) atoms. The highest BCUT2D eigenvalue weighted by Gasteiger charge is 2.17. The Morgan fingerprint density at radius 3 is 2.78 bits per heavy atom. The number of fused-ring (bicyclic) bond motifs is 1. The number of hydrogen-bond acceptors (Lipinski definition) is 3. The van der Waals surface area contributed by atoms with E-state index in [-0.39, 0.29) is 0 Å². The van der Waals surface area contributed by atoms with Gasteiger partial charge in [0.25, 0.3) is 0 Å². The van der Waals surface area contributed by atoms with E-state index in [1.54, 1.807) is 0 Å². The summed E-state index contributed by atoms with van der Waals surface area (Å²) >= 11 is 0. The average molecular weight is 243 g/mol. The summed E-state index contributed by atoms with van der Waals surface area (Å²) in [7, 11) is 0. The summed E-state index contributed by atoms with van der Waals surface area (Å²) in [6, 6.07) is 8.25. The number of allylic oxidation sites excluding steroid dienone is 2. The second-order valence-electron chi connectivity index (χ2n) is 4.64. The molecule has 1 aliphatic carbocycles. The summed E-state index contributed by atoms with van der Waals surface area (Å²) in [5.74, 6) is 0.389. The van der Waals surface area contributed by atoms with Crippen LogP contribution in [0.5, 0.6) is 0 Å². The first-order valence-corrected chi connectivity index (χ1v) is 6.36. The van der Waals surface area contributed by atoms with E-state index in [2.05, 4.69) is 23.2 Å². The van der Waals surface area contributed by atoms with E-state index >= 15 is 0 Å². The normalized spacial score (nSPS) is 21.7. The van der Waals surface area contributed by atoms with Gasteiger partial charge < -0.3 is 14.7 Å². The van der Waals surface area contributed by atoms with Gasteiger partial charge in [0, 0.05) is 24.9 Å². The molecule has 0 radical (unpaired) electrons. The summed E-state index contributed by atoms with van der Waals surface area (Å²) in [6.07, 6.45) is 4.75. The second kappa shape index (κ2) is 4.86.